The van der Waals surface area contributed by atoms with Gasteiger partial charge in [-0.1, -0.05) is 32.0 Å². The molecular formula is C26H31N3O3. The van der Waals surface area contributed by atoms with Crippen LogP contribution in [0.5, 0.6) is 11.5 Å². The van der Waals surface area contributed by atoms with Crippen molar-refractivity contribution >= 4 is 22.8 Å². The van der Waals surface area contributed by atoms with Crippen LogP contribution < -0.4 is 14.8 Å². The summed E-state index contributed by atoms with van der Waals surface area (Å²) in [6.45, 7) is 11.0. The van der Waals surface area contributed by atoms with Crippen LogP contribution in [0.4, 0.5) is 5.95 Å². The summed E-state index contributed by atoms with van der Waals surface area (Å²) in [4.78, 5) is 17.5. The minimum absolute atomic E-state index is 0.0265. The Kier molecular flexibility index (Phi) is 6.21. The van der Waals surface area contributed by atoms with Crippen molar-refractivity contribution in [1.82, 2.24) is 9.55 Å². The van der Waals surface area contributed by atoms with Crippen LogP contribution in [0.3, 0.4) is 0 Å². The Morgan fingerprint density at radius 2 is 1.94 bits per heavy atom. The largest absolute Gasteiger partial charge is 0.490 e. The van der Waals surface area contributed by atoms with Gasteiger partial charge in [0, 0.05) is 11.3 Å². The monoisotopic (exact) mass is 433 g/mol. The van der Waals surface area contributed by atoms with Crippen LogP contribution in [0.25, 0.3) is 11.0 Å². The number of anilines is 1. The quantitative estimate of drug-likeness (QED) is 0.491. The molecule has 0 spiro atoms. The number of hydrogen-bond acceptors (Lipinski definition) is 5. The molecule has 3 aromatic rings. The summed E-state index contributed by atoms with van der Waals surface area (Å²) >= 11 is 0. The fourth-order valence-corrected chi connectivity index (χ4v) is 4.22. The van der Waals surface area contributed by atoms with Crippen LogP contribution in [0, 0.1) is 5.92 Å². The van der Waals surface area contributed by atoms with E-state index < -0.39 is 0 Å². The maximum Gasteiger partial charge on any atom is 0.209 e. The van der Waals surface area contributed by atoms with Crippen molar-refractivity contribution in [3.05, 3.63) is 59.3 Å². The number of rotatable bonds is 8. The Bertz CT molecular complexity index is 1180. The van der Waals surface area contributed by atoms with E-state index in [2.05, 4.69) is 23.7 Å². The highest BCUT2D eigenvalue weighted by Gasteiger charge is 2.33. The second-order valence-corrected chi connectivity index (χ2v) is 8.59. The van der Waals surface area contributed by atoms with Gasteiger partial charge in [0.05, 0.1) is 30.3 Å². The second kappa shape index (κ2) is 9.07. The Hall–Kier alpha value is -3.28. The van der Waals surface area contributed by atoms with Crippen LogP contribution in [-0.4, -0.2) is 28.5 Å². The number of benzene rings is 2. The molecule has 0 radical (unpaired) electrons. The highest BCUT2D eigenvalue weighted by molar-refractivity contribution is 5.97. The maximum absolute atomic E-state index is 12.8. The van der Waals surface area contributed by atoms with Gasteiger partial charge >= 0.3 is 0 Å². The highest BCUT2D eigenvalue weighted by Crippen LogP contribution is 2.41. The number of nitrogens with zero attached hydrogens (tertiary/aromatic N) is 2. The molecule has 6 heteroatoms. The van der Waals surface area contributed by atoms with E-state index in [9.17, 15) is 4.79 Å². The molecule has 168 valence electrons. The number of allylic oxidation sites excluding steroid dienone is 2. The highest BCUT2D eigenvalue weighted by atomic mass is 16.5. The van der Waals surface area contributed by atoms with Crippen molar-refractivity contribution in [3.8, 4) is 11.5 Å². The topological polar surface area (TPSA) is 65.4 Å². The number of imidazole rings is 1. The second-order valence-electron chi connectivity index (χ2n) is 8.59. The molecule has 1 N–H and O–H groups in total. The summed E-state index contributed by atoms with van der Waals surface area (Å²) < 4.78 is 14.1. The van der Waals surface area contributed by atoms with Gasteiger partial charge in [-0.3, -0.25) is 9.36 Å². The molecule has 32 heavy (non-hydrogen) atoms. The summed E-state index contributed by atoms with van der Waals surface area (Å²) in [6, 6.07) is 13.7. The van der Waals surface area contributed by atoms with Gasteiger partial charge < -0.3 is 14.8 Å². The summed E-state index contributed by atoms with van der Waals surface area (Å²) in [5.74, 6) is 2.75. The van der Waals surface area contributed by atoms with Crippen molar-refractivity contribution in [1.29, 1.82) is 0 Å². The average molecular weight is 434 g/mol. The molecule has 0 fully saturated rings. The Morgan fingerprint density at radius 1 is 1.16 bits per heavy atom. The molecule has 2 heterocycles. The van der Waals surface area contributed by atoms with E-state index in [-0.39, 0.29) is 11.8 Å². The van der Waals surface area contributed by atoms with E-state index >= 15 is 0 Å². The molecule has 1 aromatic heterocycles. The molecule has 1 aliphatic heterocycles. The standard InChI is InChI=1S/C26H31N3O3/c1-6-31-23-15-19(11-12-22(23)32-14-13-16(2)3)25-24(18(5)30)17(4)27-26-28-20-9-7-8-10-21(20)29(25)26/h7-12,15-16,25H,6,13-14H2,1-5H3,(H,27,28)/t25-/m1/s1. The first kappa shape index (κ1) is 21.9. The summed E-state index contributed by atoms with van der Waals surface area (Å²) in [5.41, 5.74) is 4.36. The molecule has 0 saturated carbocycles. The molecule has 4 rings (SSSR count). The smallest absolute Gasteiger partial charge is 0.209 e. The number of carbonyl (C=O) groups is 1. The number of Topliss-reactive ketones (excluding diaryl/α,β-unsaturated/α-hetero) is 1. The van der Waals surface area contributed by atoms with E-state index in [1.165, 1.54) is 0 Å². The minimum Gasteiger partial charge on any atom is -0.490 e. The molecular weight excluding hydrogens is 402 g/mol. The number of aromatic nitrogens is 2. The third kappa shape index (κ3) is 4.09. The Morgan fingerprint density at radius 3 is 2.66 bits per heavy atom. The zero-order valence-electron chi connectivity index (χ0n) is 19.4. The van der Waals surface area contributed by atoms with Crippen molar-refractivity contribution in [2.24, 2.45) is 5.92 Å². The van der Waals surface area contributed by atoms with Gasteiger partial charge in [0.2, 0.25) is 5.95 Å². The lowest BCUT2D eigenvalue weighted by Gasteiger charge is -2.30. The van der Waals surface area contributed by atoms with Crippen LogP contribution in [0.2, 0.25) is 0 Å². The van der Waals surface area contributed by atoms with Crippen LogP contribution >= 0.6 is 0 Å². The van der Waals surface area contributed by atoms with Gasteiger partial charge in [-0.15, -0.1) is 0 Å². The lowest BCUT2D eigenvalue weighted by Crippen LogP contribution is -2.27. The SMILES string of the molecule is CCOc1cc([C@@H]2C(C(C)=O)=C(C)Nc3nc4ccccc4n32)ccc1OCCC(C)C. The van der Waals surface area contributed by atoms with Crippen molar-refractivity contribution in [3.63, 3.8) is 0 Å². The lowest BCUT2D eigenvalue weighted by molar-refractivity contribution is -0.114. The first-order valence-electron chi connectivity index (χ1n) is 11.3. The molecule has 0 aliphatic carbocycles. The van der Waals surface area contributed by atoms with E-state index in [1.807, 2.05) is 56.3 Å². The van der Waals surface area contributed by atoms with E-state index in [1.54, 1.807) is 6.92 Å². The summed E-state index contributed by atoms with van der Waals surface area (Å²) in [7, 11) is 0. The number of fused-ring (bicyclic) bond motifs is 3. The van der Waals surface area contributed by atoms with E-state index in [0.717, 1.165) is 46.0 Å². The fourth-order valence-electron chi connectivity index (χ4n) is 4.22. The van der Waals surface area contributed by atoms with Crippen LogP contribution in [0.1, 0.15) is 52.6 Å². The van der Waals surface area contributed by atoms with Crippen LogP contribution in [0.15, 0.2) is 53.7 Å². The number of ether oxygens (including phenoxy) is 2. The molecule has 0 saturated heterocycles. The third-order valence-corrected chi connectivity index (χ3v) is 5.75. The van der Waals surface area contributed by atoms with Gasteiger partial charge in [0.15, 0.2) is 17.3 Å². The molecule has 0 unspecified atom stereocenters. The predicted molar refractivity (Wildman–Crippen MR) is 127 cm³/mol. The first-order chi connectivity index (χ1) is 15.4. The number of ketones is 1. The normalized spacial score (nSPS) is 15.6. The molecule has 1 atom stereocenters. The number of para-hydroxylation sites is 2. The zero-order chi connectivity index (χ0) is 22.8. The van der Waals surface area contributed by atoms with Gasteiger partial charge in [0.1, 0.15) is 0 Å². The van der Waals surface area contributed by atoms with Crippen molar-refractivity contribution in [2.45, 2.75) is 47.1 Å². The molecule has 0 amide bonds. The average Bonchev–Trinajstić information content (AvgIpc) is 3.11. The fraction of sp³-hybridized carbons (Fsp3) is 0.385. The number of hydrogen-bond donors (Lipinski definition) is 1. The molecule has 2 aromatic carbocycles. The van der Waals surface area contributed by atoms with Gasteiger partial charge in [-0.25, -0.2) is 4.98 Å². The number of nitrogens with one attached hydrogen (secondary N) is 1. The first-order valence-corrected chi connectivity index (χ1v) is 11.3. The van der Waals surface area contributed by atoms with E-state index in [4.69, 9.17) is 14.5 Å². The number of carbonyl (C=O) groups excluding carboxylic acids is 1. The molecule has 1 aliphatic rings. The maximum atomic E-state index is 12.8. The van der Waals surface area contributed by atoms with Gasteiger partial charge in [-0.2, -0.15) is 0 Å². The van der Waals surface area contributed by atoms with E-state index in [0.29, 0.717) is 24.9 Å². The summed E-state index contributed by atoms with van der Waals surface area (Å²) in [6.07, 6.45) is 0.975. The minimum atomic E-state index is -0.305. The van der Waals surface area contributed by atoms with Crippen molar-refractivity contribution in [2.75, 3.05) is 18.5 Å². The third-order valence-electron chi connectivity index (χ3n) is 5.75. The zero-order valence-corrected chi connectivity index (χ0v) is 19.4. The van der Waals surface area contributed by atoms with Crippen LogP contribution in [-0.2, 0) is 4.79 Å². The molecule has 0 bridgehead atoms. The Labute approximate surface area is 189 Å². The van der Waals surface area contributed by atoms with Crippen molar-refractivity contribution < 1.29 is 14.3 Å². The van der Waals surface area contributed by atoms with Gasteiger partial charge in [0.25, 0.3) is 0 Å². The molecule has 6 nitrogen and oxygen atoms in total. The predicted octanol–water partition coefficient (Wildman–Crippen LogP) is 5.74. The summed E-state index contributed by atoms with van der Waals surface area (Å²) in [5, 5.41) is 3.32. The Balaban J connectivity index is 1.83. The lowest BCUT2D eigenvalue weighted by atomic mass is 9.92. The van der Waals surface area contributed by atoms with Gasteiger partial charge in [-0.05, 0) is 62.9 Å².